The van der Waals surface area contributed by atoms with Gasteiger partial charge in [0.15, 0.2) is 0 Å². The van der Waals surface area contributed by atoms with Gasteiger partial charge in [0, 0.05) is 5.69 Å². The molecule has 8 heteroatoms. The molecule has 0 bridgehead atoms. The van der Waals surface area contributed by atoms with Gasteiger partial charge >= 0.3 is 0 Å². The Hall–Kier alpha value is -2.77. The van der Waals surface area contributed by atoms with Crippen molar-refractivity contribution in [2.75, 3.05) is 11.9 Å². The zero-order valence-corrected chi connectivity index (χ0v) is 16.7. The Bertz CT molecular complexity index is 1020. The van der Waals surface area contributed by atoms with E-state index in [-0.39, 0.29) is 22.2 Å². The highest BCUT2D eigenvalue weighted by Gasteiger charge is 2.36. The highest BCUT2D eigenvalue weighted by atomic mass is 35.5. The van der Waals surface area contributed by atoms with Crippen LogP contribution >= 0.6 is 23.4 Å². The number of phenols is 1. The summed E-state index contributed by atoms with van der Waals surface area (Å²) in [6, 6.07) is 10.1. The van der Waals surface area contributed by atoms with Gasteiger partial charge in [-0.25, -0.2) is 0 Å². The second kappa shape index (κ2) is 8.08. The third-order valence-corrected chi connectivity index (χ3v) is 5.32. The number of imide groups is 1. The number of anilines is 1. The molecule has 1 heterocycles. The van der Waals surface area contributed by atoms with Crippen LogP contribution < -0.4 is 5.32 Å². The normalized spacial score (nSPS) is 15.4. The maximum absolute atomic E-state index is 12.5. The maximum atomic E-state index is 12.5. The summed E-state index contributed by atoms with van der Waals surface area (Å²) >= 11 is 6.61. The van der Waals surface area contributed by atoms with Crippen LogP contribution in [-0.2, 0) is 9.59 Å². The van der Waals surface area contributed by atoms with E-state index in [4.69, 9.17) is 11.6 Å². The summed E-state index contributed by atoms with van der Waals surface area (Å²) in [5.74, 6) is -1.07. The van der Waals surface area contributed by atoms with Crippen molar-refractivity contribution in [3.8, 4) is 5.75 Å². The van der Waals surface area contributed by atoms with Crippen LogP contribution in [0.4, 0.5) is 10.5 Å². The van der Waals surface area contributed by atoms with Gasteiger partial charge in [-0.05, 0) is 66.6 Å². The summed E-state index contributed by atoms with van der Waals surface area (Å²) in [5, 5.41) is 11.8. The Labute approximate surface area is 171 Å². The Kier molecular flexibility index (Phi) is 5.76. The van der Waals surface area contributed by atoms with Crippen molar-refractivity contribution in [2.45, 2.75) is 13.8 Å². The Morgan fingerprint density at radius 3 is 2.68 bits per heavy atom. The van der Waals surface area contributed by atoms with E-state index in [1.165, 1.54) is 18.2 Å². The summed E-state index contributed by atoms with van der Waals surface area (Å²) in [6.45, 7) is 3.40. The van der Waals surface area contributed by atoms with Crippen LogP contribution in [0.25, 0.3) is 6.08 Å². The second-order valence-electron chi connectivity index (χ2n) is 6.35. The summed E-state index contributed by atoms with van der Waals surface area (Å²) in [6.07, 6.45) is 1.50. The topological polar surface area (TPSA) is 86.7 Å². The number of nitrogens with zero attached hydrogens (tertiary/aromatic N) is 1. The first-order valence-corrected chi connectivity index (χ1v) is 9.55. The first kappa shape index (κ1) is 20.0. The summed E-state index contributed by atoms with van der Waals surface area (Å²) in [4.78, 5) is 38.2. The molecule has 0 saturated carbocycles. The van der Waals surface area contributed by atoms with Crippen molar-refractivity contribution in [1.29, 1.82) is 0 Å². The number of phenolic OH excluding ortho intramolecular Hbond substituents is 1. The summed E-state index contributed by atoms with van der Waals surface area (Å²) in [5.41, 5.74) is 3.08. The van der Waals surface area contributed by atoms with Gasteiger partial charge in [-0.2, -0.15) is 0 Å². The van der Waals surface area contributed by atoms with Gasteiger partial charge in [-0.3, -0.25) is 19.3 Å². The molecule has 0 spiro atoms. The molecular weight excluding hydrogens is 400 g/mol. The van der Waals surface area contributed by atoms with Gasteiger partial charge in [0.2, 0.25) is 5.91 Å². The first-order valence-electron chi connectivity index (χ1n) is 8.35. The number of carbonyl (C=O) groups is 3. The lowest BCUT2D eigenvalue weighted by molar-refractivity contribution is -0.127. The maximum Gasteiger partial charge on any atom is 0.294 e. The van der Waals surface area contributed by atoms with E-state index in [0.717, 1.165) is 27.8 Å². The van der Waals surface area contributed by atoms with Crippen molar-refractivity contribution in [3.63, 3.8) is 0 Å². The molecule has 2 N–H and O–H groups in total. The minimum Gasteiger partial charge on any atom is -0.506 e. The third-order valence-electron chi connectivity index (χ3n) is 4.11. The summed E-state index contributed by atoms with van der Waals surface area (Å²) < 4.78 is 0. The number of halogens is 1. The lowest BCUT2D eigenvalue weighted by atomic mass is 10.1. The van der Waals surface area contributed by atoms with Crippen LogP contribution in [0.5, 0.6) is 5.75 Å². The summed E-state index contributed by atoms with van der Waals surface area (Å²) in [7, 11) is 0. The standard InChI is InChI=1S/C20H17ClN2O4S/c1-11-3-4-12(2)15(7-11)22-18(25)10-23-19(26)17(28-20(23)27)9-13-5-6-16(24)14(21)8-13/h3-9,24H,10H2,1-2H3,(H,22,25)/b17-9+. The predicted molar refractivity (Wildman–Crippen MR) is 110 cm³/mol. The van der Waals surface area contributed by atoms with Gasteiger partial charge in [0.25, 0.3) is 11.1 Å². The number of thioether (sulfide) groups is 1. The molecule has 0 atom stereocenters. The molecule has 0 unspecified atom stereocenters. The van der Waals surface area contributed by atoms with Gasteiger partial charge in [0.05, 0.1) is 9.93 Å². The molecule has 3 rings (SSSR count). The van der Waals surface area contributed by atoms with Gasteiger partial charge in [-0.15, -0.1) is 0 Å². The molecule has 2 aromatic carbocycles. The van der Waals surface area contributed by atoms with Crippen LogP contribution in [0.2, 0.25) is 5.02 Å². The molecule has 6 nitrogen and oxygen atoms in total. The molecule has 0 aliphatic carbocycles. The van der Waals surface area contributed by atoms with E-state index >= 15 is 0 Å². The van der Waals surface area contributed by atoms with Crippen molar-refractivity contribution < 1.29 is 19.5 Å². The van der Waals surface area contributed by atoms with Gasteiger partial charge < -0.3 is 10.4 Å². The van der Waals surface area contributed by atoms with E-state index in [9.17, 15) is 19.5 Å². The number of rotatable bonds is 4. The predicted octanol–water partition coefficient (Wildman–Crippen LogP) is 4.34. The molecule has 3 amide bonds. The molecule has 1 saturated heterocycles. The number of hydrogen-bond donors (Lipinski definition) is 2. The monoisotopic (exact) mass is 416 g/mol. The van der Waals surface area contributed by atoms with Crippen LogP contribution in [0, 0.1) is 13.8 Å². The molecule has 1 aliphatic heterocycles. The van der Waals surface area contributed by atoms with Crippen molar-refractivity contribution in [2.24, 2.45) is 0 Å². The fourth-order valence-electron chi connectivity index (χ4n) is 2.60. The number of benzene rings is 2. The molecule has 1 aliphatic rings. The number of aryl methyl sites for hydroxylation is 2. The van der Waals surface area contributed by atoms with Crippen LogP contribution in [0.3, 0.4) is 0 Å². The molecular formula is C20H17ClN2O4S. The Morgan fingerprint density at radius 2 is 1.96 bits per heavy atom. The van der Waals surface area contributed by atoms with Gasteiger partial charge in [-0.1, -0.05) is 29.8 Å². The molecule has 0 radical (unpaired) electrons. The van der Waals surface area contributed by atoms with Crippen LogP contribution in [0.1, 0.15) is 16.7 Å². The van der Waals surface area contributed by atoms with Crippen molar-refractivity contribution >= 4 is 52.2 Å². The third kappa shape index (κ3) is 4.37. The average molecular weight is 417 g/mol. The number of amides is 3. The van der Waals surface area contributed by atoms with Crippen LogP contribution in [0.15, 0.2) is 41.3 Å². The molecule has 0 aromatic heterocycles. The van der Waals surface area contributed by atoms with E-state index in [2.05, 4.69) is 5.32 Å². The lowest BCUT2D eigenvalue weighted by Crippen LogP contribution is -2.36. The SMILES string of the molecule is Cc1ccc(C)c(NC(=O)CN2C(=O)S/C(=C/c3ccc(O)c(Cl)c3)C2=O)c1. The number of nitrogens with one attached hydrogen (secondary N) is 1. The Morgan fingerprint density at radius 1 is 1.21 bits per heavy atom. The van der Waals surface area contributed by atoms with E-state index < -0.39 is 17.1 Å². The number of hydrogen-bond acceptors (Lipinski definition) is 5. The minimum absolute atomic E-state index is 0.0740. The second-order valence-corrected chi connectivity index (χ2v) is 7.75. The van der Waals surface area contributed by atoms with Crippen molar-refractivity contribution in [3.05, 3.63) is 63.0 Å². The zero-order valence-electron chi connectivity index (χ0n) is 15.2. The van der Waals surface area contributed by atoms with Gasteiger partial charge in [0.1, 0.15) is 12.3 Å². The minimum atomic E-state index is -0.546. The highest BCUT2D eigenvalue weighted by Crippen LogP contribution is 2.33. The molecule has 2 aromatic rings. The van der Waals surface area contributed by atoms with Crippen LogP contribution in [-0.4, -0.2) is 33.6 Å². The lowest BCUT2D eigenvalue weighted by Gasteiger charge is -2.14. The quantitative estimate of drug-likeness (QED) is 0.724. The van der Waals surface area contributed by atoms with E-state index in [1.807, 2.05) is 32.0 Å². The fourth-order valence-corrected chi connectivity index (χ4v) is 3.63. The number of aromatic hydroxyl groups is 1. The molecule has 144 valence electrons. The fraction of sp³-hybridized carbons (Fsp3) is 0.150. The molecule has 1 fully saturated rings. The smallest absolute Gasteiger partial charge is 0.294 e. The van der Waals surface area contributed by atoms with E-state index in [1.54, 1.807) is 6.07 Å². The van der Waals surface area contributed by atoms with Crippen molar-refractivity contribution in [1.82, 2.24) is 4.90 Å². The largest absolute Gasteiger partial charge is 0.506 e. The number of carbonyl (C=O) groups excluding carboxylic acids is 3. The van der Waals surface area contributed by atoms with E-state index in [0.29, 0.717) is 11.3 Å². The molecule has 28 heavy (non-hydrogen) atoms. The highest BCUT2D eigenvalue weighted by molar-refractivity contribution is 8.18. The first-order chi connectivity index (χ1) is 13.2. The Balaban J connectivity index is 1.72. The average Bonchev–Trinajstić information content (AvgIpc) is 2.89. The zero-order chi connectivity index (χ0) is 20.4.